The molecule has 0 saturated carbocycles. The van der Waals surface area contributed by atoms with Gasteiger partial charge in [0.1, 0.15) is 28.9 Å². The summed E-state index contributed by atoms with van der Waals surface area (Å²) in [4.78, 5) is 16.6. The summed E-state index contributed by atoms with van der Waals surface area (Å²) in [5, 5.41) is 4.93. The van der Waals surface area contributed by atoms with E-state index < -0.39 is 5.82 Å². The fourth-order valence-corrected chi connectivity index (χ4v) is 4.16. The third kappa shape index (κ3) is 5.04. The summed E-state index contributed by atoms with van der Waals surface area (Å²) < 4.78 is 25.9. The first-order valence-electron chi connectivity index (χ1n) is 9.92. The number of carbonyl (C=O) groups excluding carboxylic acids is 1. The van der Waals surface area contributed by atoms with Crippen LogP contribution in [0.2, 0.25) is 0 Å². The van der Waals surface area contributed by atoms with E-state index in [1.165, 1.54) is 17.4 Å². The van der Waals surface area contributed by atoms with Gasteiger partial charge in [-0.05, 0) is 37.5 Å². The Balaban J connectivity index is 1.38. The molecule has 4 rings (SSSR count). The highest BCUT2D eigenvalue weighted by atomic mass is 32.1. The maximum absolute atomic E-state index is 14.7. The molecule has 2 heterocycles. The number of halogens is 1. The van der Waals surface area contributed by atoms with Crippen LogP contribution in [-0.4, -0.2) is 30.1 Å². The van der Waals surface area contributed by atoms with Gasteiger partial charge in [-0.2, -0.15) is 0 Å². The summed E-state index contributed by atoms with van der Waals surface area (Å²) in [6.45, 7) is 3.59. The monoisotopic (exact) mass is 426 g/mol. The van der Waals surface area contributed by atoms with Crippen LogP contribution in [0.4, 0.5) is 4.39 Å². The second kappa shape index (κ2) is 9.36. The summed E-state index contributed by atoms with van der Waals surface area (Å²) in [7, 11) is 0. The van der Waals surface area contributed by atoms with Gasteiger partial charge in [-0.1, -0.05) is 29.8 Å². The molecular formula is C23H23FN2O3S. The number of thiazole rings is 1. The van der Waals surface area contributed by atoms with E-state index in [0.29, 0.717) is 29.5 Å². The maximum atomic E-state index is 14.7. The van der Waals surface area contributed by atoms with Crippen LogP contribution in [0.5, 0.6) is 5.75 Å². The molecule has 1 aliphatic rings. The molecule has 0 bridgehead atoms. The summed E-state index contributed by atoms with van der Waals surface area (Å²) in [6.07, 6.45) is 2.04. The van der Waals surface area contributed by atoms with E-state index in [1.807, 2.05) is 31.2 Å². The standard InChI is InChI=1S/C23H23FN2O3S/c1-15-4-2-5-16(10-15)13-29-17-7-8-19(20(24)11-17)23-26-21(14-30-23)22(27)25-12-18-6-3-9-28-18/h2,4-5,7-8,10-11,14,18H,3,6,9,12-13H2,1H3,(H,25,27). The fraction of sp³-hybridized carbons (Fsp3) is 0.304. The summed E-state index contributed by atoms with van der Waals surface area (Å²) in [5.74, 6) is -0.257. The van der Waals surface area contributed by atoms with Crippen LogP contribution in [0.25, 0.3) is 10.6 Å². The highest BCUT2D eigenvalue weighted by Crippen LogP contribution is 2.29. The molecule has 1 fully saturated rings. The molecule has 30 heavy (non-hydrogen) atoms. The first-order valence-corrected chi connectivity index (χ1v) is 10.8. The highest BCUT2D eigenvalue weighted by molar-refractivity contribution is 7.13. The summed E-state index contributed by atoms with van der Waals surface area (Å²) in [6, 6.07) is 12.7. The lowest BCUT2D eigenvalue weighted by Gasteiger charge is -2.09. The Morgan fingerprint density at radius 3 is 3.00 bits per heavy atom. The molecule has 2 aromatic carbocycles. The lowest BCUT2D eigenvalue weighted by atomic mass is 10.1. The van der Waals surface area contributed by atoms with Crippen molar-refractivity contribution in [1.82, 2.24) is 10.3 Å². The van der Waals surface area contributed by atoms with Crippen LogP contribution in [0.3, 0.4) is 0 Å². The number of nitrogens with one attached hydrogen (secondary N) is 1. The molecule has 0 aliphatic carbocycles. The first-order chi connectivity index (χ1) is 14.6. The van der Waals surface area contributed by atoms with Gasteiger partial charge in [0, 0.05) is 30.2 Å². The number of rotatable bonds is 7. The second-order valence-corrected chi connectivity index (χ2v) is 8.16. The topological polar surface area (TPSA) is 60.5 Å². The van der Waals surface area contributed by atoms with E-state index in [-0.39, 0.29) is 17.7 Å². The van der Waals surface area contributed by atoms with Crippen LogP contribution in [0.1, 0.15) is 34.5 Å². The molecule has 1 aromatic heterocycles. The molecule has 1 aliphatic heterocycles. The van der Waals surface area contributed by atoms with Gasteiger partial charge in [0.2, 0.25) is 0 Å². The highest BCUT2D eigenvalue weighted by Gasteiger charge is 2.19. The normalized spacial score (nSPS) is 15.9. The number of aryl methyl sites for hydroxylation is 1. The number of carbonyl (C=O) groups is 1. The molecule has 7 heteroatoms. The quantitative estimate of drug-likeness (QED) is 0.593. The number of benzene rings is 2. The largest absolute Gasteiger partial charge is 0.489 e. The molecule has 1 amide bonds. The van der Waals surface area contributed by atoms with Gasteiger partial charge in [0.25, 0.3) is 5.91 Å². The average Bonchev–Trinajstić information content (AvgIpc) is 3.43. The Labute approximate surface area is 178 Å². The Hall–Kier alpha value is -2.77. The lowest BCUT2D eigenvalue weighted by Crippen LogP contribution is -2.31. The number of aromatic nitrogens is 1. The third-order valence-electron chi connectivity index (χ3n) is 4.91. The maximum Gasteiger partial charge on any atom is 0.270 e. The minimum atomic E-state index is -0.433. The zero-order chi connectivity index (χ0) is 20.9. The lowest BCUT2D eigenvalue weighted by molar-refractivity contribution is 0.0854. The molecule has 1 saturated heterocycles. The van der Waals surface area contributed by atoms with Crippen molar-refractivity contribution in [3.63, 3.8) is 0 Å². The Bertz CT molecular complexity index is 1030. The summed E-state index contributed by atoms with van der Waals surface area (Å²) >= 11 is 1.24. The van der Waals surface area contributed by atoms with Crippen LogP contribution >= 0.6 is 11.3 Å². The molecule has 3 aromatic rings. The summed E-state index contributed by atoms with van der Waals surface area (Å²) in [5.41, 5.74) is 2.81. The van der Waals surface area contributed by atoms with Crippen molar-refractivity contribution in [2.45, 2.75) is 32.5 Å². The zero-order valence-corrected chi connectivity index (χ0v) is 17.5. The number of ether oxygens (including phenoxy) is 2. The Morgan fingerprint density at radius 2 is 2.23 bits per heavy atom. The molecular weight excluding hydrogens is 403 g/mol. The number of nitrogens with zero attached hydrogens (tertiary/aromatic N) is 1. The van der Waals surface area contributed by atoms with E-state index in [4.69, 9.17) is 9.47 Å². The number of hydrogen-bond donors (Lipinski definition) is 1. The van der Waals surface area contributed by atoms with Crippen molar-refractivity contribution in [1.29, 1.82) is 0 Å². The van der Waals surface area contributed by atoms with Gasteiger partial charge < -0.3 is 14.8 Å². The van der Waals surface area contributed by atoms with Gasteiger partial charge in [-0.15, -0.1) is 11.3 Å². The molecule has 1 N–H and O–H groups in total. The van der Waals surface area contributed by atoms with Gasteiger partial charge in [0.05, 0.1) is 6.10 Å². The second-order valence-electron chi connectivity index (χ2n) is 7.30. The van der Waals surface area contributed by atoms with Crippen molar-refractivity contribution in [2.75, 3.05) is 13.2 Å². The van der Waals surface area contributed by atoms with E-state index >= 15 is 0 Å². The van der Waals surface area contributed by atoms with Crippen molar-refractivity contribution in [3.8, 4) is 16.3 Å². The molecule has 1 unspecified atom stereocenters. The van der Waals surface area contributed by atoms with Gasteiger partial charge in [-0.3, -0.25) is 4.79 Å². The molecule has 156 valence electrons. The van der Waals surface area contributed by atoms with Gasteiger partial charge in [0.15, 0.2) is 0 Å². The van der Waals surface area contributed by atoms with E-state index in [9.17, 15) is 9.18 Å². The predicted molar refractivity (Wildman–Crippen MR) is 114 cm³/mol. The first kappa shape index (κ1) is 20.5. The zero-order valence-electron chi connectivity index (χ0n) is 16.7. The Kier molecular flexibility index (Phi) is 6.40. The molecule has 5 nitrogen and oxygen atoms in total. The van der Waals surface area contributed by atoms with Crippen LogP contribution in [0.15, 0.2) is 47.8 Å². The van der Waals surface area contributed by atoms with Gasteiger partial charge >= 0.3 is 0 Å². The van der Waals surface area contributed by atoms with E-state index in [1.54, 1.807) is 17.5 Å². The van der Waals surface area contributed by atoms with Crippen molar-refractivity contribution >= 4 is 17.2 Å². The minimum absolute atomic E-state index is 0.0665. The smallest absolute Gasteiger partial charge is 0.270 e. The van der Waals surface area contributed by atoms with Gasteiger partial charge in [-0.25, -0.2) is 9.37 Å². The SMILES string of the molecule is Cc1cccc(COc2ccc(-c3nc(C(=O)NCC4CCCO4)cs3)c(F)c2)c1. The van der Waals surface area contributed by atoms with Crippen molar-refractivity contribution in [2.24, 2.45) is 0 Å². The average molecular weight is 427 g/mol. The van der Waals surface area contributed by atoms with Crippen molar-refractivity contribution < 1.29 is 18.7 Å². The molecule has 0 spiro atoms. The number of hydrogen-bond acceptors (Lipinski definition) is 5. The minimum Gasteiger partial charge on any atom is -0.489 e. The van der Waals surface area contributed by atoms with Crippen LogP contribution in [-0.2, 0) is 11.3 Å². The molecule has 0 radical (unpaired) electrons. The van der Waals surface area contributed by atoms with E-state index in [0.717, 1.165) is 30.6 Å². The number of amides is 1. The Morgan fingerprint density at radius 1 is 1.33 bits per heavy atom. The fourth-order valence-electron chi connectivity index (χ4n) is 3.33. The van der Waals surface area contributed by atoms with Crippen molar-refractivity contribution in [3.05, 3.63) is 70.5 Å². The predicted octanol–water partition coefficient (Wildman–Crippen LogP) is 4.75. The third-order valence-corrected chi connectivity index (χ3v) is 5.79. The van der Waals surface area contributed by atoms with E-state index in [2.05, 4.69) is 10.3 Å². The van der Waals surface area contributed by atoms with Crippen LogP contribution in [0, 0.1) is 12.7 Å². The molecule has 1 atom stereocenters. The van der Waals surface area contributed by atoms with Crippen LogP contribution < -0.4 is 10.1 Å².